The Morgan fingerprint density at radius 3 is 2.36 bits per heavy atom. The van der Waals surface area contributed by atoms with Crippen LogP contribution < -0.4 is 5.32 Å². The van der Waals surface area contributed by atoms with E-state index in [-0.39, 0.29) is 5.70 Å². The largest absolute Gasteiger partial charge is 0.454 e. The van der Waals surface area contributed by atoms with Gasteiger partial charge in [-0.2, -0.15) is 13.2 Å². The normalized spacial score (nSPS) is 12.1. The van der Waals surface area contributed by atoms with Gasteiger partial charge in [-0.1, -0.05) is 35.9 Å². The molecule has 0 fully saturated rings. The van der Waals surface area contributed by atoms with E-state index in [9.17, 15) is 18.0 Å². The molecule has 0 spiro atoms. The van der Waals surface area contributed by atoms with Gasteiger partial charge in [-0.05, 0) is 24.6 Å². The molecule has 0 aliphatic heterocycles. The number of allylic oxidation sites excluding steroid dienone is 1. The van der Waals surface area contributed by atoms with Crippen LogP contribution in [0, 0.1) is 6.92 Å². The predicted molar refractivity (Wildman–Crippen MR) is 78.1 cm³/mol. The van der Waals surface area contributed by atoms with Gasteiger partial charge in [-0.15, -0.1) is 0 Å². The number of benzene rings is 1. The number of ketones is 1. The van der Waals surface area contributed by atoms with Crippen molar-refractivity contribution in [3.8, 4) is 0 Å². The molecule has 1 aromatic heterocycles. The Morgan fingerprint density at radius 2 is 1.82 bits per heavy atom. The molecule has 3 nitrogen and oxygen atoms in total. The van der Waals surface area contributed by atoms with Crippen molar-refractivity contribution >= 4 is 17.3 Å². The molecule has 1 N–H and O–H groups in total. The summed E-state index contributed by atoms with van der Waals surface area (Å²) < 4.78 is 37.5. The molecule has 0 amide bonds. The van der Waals surface area contributed by atoms with Gasteiger partial charge in [-0.3, -0.25) is 4.79 Å². The number of halogens is 3. The van der Waals surface area contributed by atoms with E-state index < -0.39 is 12.0 Å². The van der Waals surface area contributed by atoms with Crippen LogP contribution in [-0.2, 0) is 4.79 Å². The molecule has 2 aromatic rings. The molecule has 0 saturated carbocycles. The Kier molecular flexibility index (Phi) is 4.60. The Bertz CT molecular complexity index is 677. The van der Waals surface area contributed by atoms with Crippen LogP contribution in [0.1, 0.15) is 11.1 Å². The molecule has 0 aliphatic rings. The summed E-state index contributed by atoms with van der Waals surface area (Å²) in [5.74, 6) is -1.57. The minimum absolute atomic E-state index is 0.0426. The number of hydrogen-bond acceptors (Lipinski definition) is 3. The Morgan fingerprint density at radius 1 is 1.14 bits per heavy atom. The number of pyridine rings is 1. The lowest BCUT2D eigenvalue weighted by Gasteiger charge is -2.11. The SMILES string of the molecule is Cc1ccc(/C(=C/C(=O)C(F)(F)F)Nc2ccccn2)cc1. The summed E-state index contributed by atoms with van der Waals surface area (Å²) in [6.07, 6.45) is -2.87. The molecule has 0 saturated heterocycles. The van der Waals surface area contributed by atoms with Gasteiger partial charge in [0.25, 0.3) is 5.78 Å². The van der Waals surface area contributed by atoms with Gasteiger partial charge in [0.2, 0.25) is 0 Å². The number of aromatic nitrogens is 1. The maximum atomic E-state index is 12.5. The first-order valence-corrected chi connectivity index (χ1v) is 6.44. The molecule has 22 heavy (non-hydrogen) atoms. The van der Waals surface area contributed by atoms with Crippen molar-refractivity contribution in [3.63, 3.8) is 0 Å². The third-order valence-corrected chi connectivity index (χ3v) is 2.85. The van der Waals surface area contributed by atoms with Crippen LogP contribution in [0.15, 0.2) is 54.7 Å². The summed E-state index contributed by atoms with van der Waals surface area (Å²) in [6.45, 7) is 1.86. The molecule has 0 aliphatic carbocycles. The number of carbonyl (C=O) groups is 1. The molecule has 0 unspecified atom stereocenters. The highest BCUT2D eigenvalue weighted by atomic mass is 19.4. The van der Waals surface area contributed by atoms with Gasteiger partial charge in [-0.25, -0.2) is 4.98 Å². The molecule has 0 radical (unpaired) electrons. The van der Waals surface area contributed by atoms with Crippen LogP contribution in [0.3, 0.4) is 0 Å². The minimum Gasteiger partial charge on any atom is -0.340 e. The fraction of sp³-hybridized carbons (Fsp3) is 0.125. The van der Waals surface area contributed by atoms with E-state index in [1.54, 1.807) is 42.5 Å². The number of nitrogens with one attached hydrogen (secondary N) is 1. The highest BCUT2D eigenvalue weighted by molar-refractivity contribution is 6.01. The summed E-state index contributed by atoms with van der Waals surface area (Å²) >= 11 is 0. The average molecular weight is 306 g/mol. The van der Waals surface area contributed by atoms with E-state index in [4.69, 9.17) is 0 Å². The standard InChI is InChI=1S/C16H13F3N2O/c1-11-5-7-12(8-6-11)13(10-14(22)16(17,18)19)21-15-4-2-3-9-20-15/h2-10H,1H3,(H,20,21)/b13-10-. The molecule has 0 atom stereocenters. The second-order valence-electron chi connectivity index (χ2n) is 4.63. The van der Waals surface area contributed by atoms with Crippen molar-refractivity contribution in [2.24, 2.45) is 0 Å². The van der Waals surface area contributed by atoms with Crippen molar-refractivity contribution < 1.29 is 18.0 Å². The predicted octanol–water partition coefficient (Wildman–Crippen LogP) is 3.97. The van der Waals surface area contributed by atoms with E-state index >= 15 is 0 Å². The number of rotatable bonds is 4. The first kappa shape index (κ1) is 15.8. The van der Waals surface area contributed by atoms with E-state index in [1.165, 1.54) is 6.20 Å². The van der Waals surface area contributed by atoms with Crippen molar-refractivity contribution in [1.29, 1.82) is 0 Å². The second kappa shape index (κ2) is 6.43. The zero-order valence-corrected chi connectivity index (χ0v) is 11.7. The van der Waals surface area contributed by atoms with Crippen molar-refractivity contribution in [2.45, 2.75) is 13.1 Å². The Balaban J connectivity index is 2.38. The summed E-state index contributed by atoms with van der Waals surface area (Å²) in [7, 11) is 0. The number of carbonyl (C=O) groups excluding carboxylic acids is 1. The van der Waals surface area contributed by atoms with Crippen LogP contribution in [0.5, 0.6) is 0 Å². The molecule has 114 valence electrons. The third-order valence-electron chi connectivity index (χ3n) is 2.85. The lowest BCUT2D eigenvalue weighted by Crippen LogP contribution is -2.21. The summed E-state index contributed by atoms with van der Waals surface area (Å²) in [4.78, 5) is 15.2. The van der Waals surface area contributed by atoms with Gasteiger partial charge >= 0.3 is 6.18 Å². The third kappa shape index (κ3) is 4.18. The highest BCUT2D eigenvalue weighted by Crippen LogP contribution is 2.22. The lowest BCUT2D eigenvalue weighted by molar-refractivity contribution is -0.165. The zero-order chi connectivity index (χ0) is 16.2. The number of aryl methyl sites for hydroxylation is 1. The van der Waals surface area contributed by atoms with Crippen molar-refractivity contribution in [3.05, 3.63) is 65.9 Å². The molecule has 1 aromatic carbocycles. The van der Waals surface area contributed by atoms with Crippen molar-refractivity contribution in [2.75, 3.05) is 5.32 Å². The van der Waals surface area contributed by atoms with Gasteiger partial charge in [0.05, 0.1) is 5.70 Å². The van der Waals surface area contributed by atoms with E-state index in [0.717, 1.165) is 5.56 Å². The van der Waals surface area contributed by atoms with Crippen LogP contribution in [-0.4, -0.2) is 16.9 Å². The van der Waals surface area contributed by atoms with Crippen LogP contribution >= 0.6 is 0 Å². The molecule has 1 heterocycles. The summed E-state index contributed by atoms with van der Waals surface area (Å²) in [6, 6.07) is 11.7. The smallest absolute Gasteiger partial charge is 0.340 e. The lowest BCUT2D eigenvalue weighted by atomic mass is 10.1. The fourth-order valence-corrected chi connectivity index (χ4v) is 1.71. The van der Waals surface area contributed by atoms with E-state index in [1.807, 2.05) is 6.92 Å². The zero-order valence-electron chi connectivity index (χ0n) is 11.7. The Labute approximate surface area is 125 Å². The Hall–Kier alpha value is -2.63. The highest BCUT2D eigenvalue weighted by Gasteiger charge is 2.36. The maximum Gasteiger partial charge on any atom is 0.454 e. The van der Waals surface area contributed by atoms with Crippen LogP contribution in [0.25, 0.3) is 5.70 Å². The summed E-state index contributed by atoms with van der Waals surface area (Å²) in [5, 5.41) is 2.75. The summed E-state index contributed by atoms with van der Waals surface area (Å²) in [5.41, 5.74) is 1.47. The monoisotopic (exact) mass is 306 g/mol. The van der Waals surface area contributed by atoms with Crippen LogP contribution in [0.4, 0.5) is 19.0 Å². The number of hydrogen-bond donors (Lipinski definition) is 1. The first-order chi connectivity index (χ1) is 10.4. The van der Waals surface area contributed by atoms with Crippen LogP contribution in [0.2, 0.25) is 0 Å². The maximum absolute atomic E-state index is 12.5. The minimum atomic E-state index is -4.91. The molecule has 6 heteroatoms. The molecular formula is C16H13F3N2O. The fourth-order valence-electron chi connectivity index (χ4n) is 1.71. The van der Waals surface area contributed by atoms with Gasteiger partial charge in [0, 0.05) is 12.3 Å². The first-order valence-electron chi connectivity index (χ1n) is 6.44. The average Bonchev–Trinajstić information content (AvgIpc) is 2.47. The number of nitrogens with zero attached hydrogens (tertiary/aromatic N) is 1. The van der Waals surface area contributed by atoms with Gasteiger partial charge in [0.1, 0.15) is 5.82 Å². The van der Waals surface area contributed by atoms with Gasteiger partial charge < -0.3 is 5.32 Å². The van der Waals surface area contributed by atoms with Crippen molar-refractivity contribution in [1.82, 2.24) is 4.98 Å². The number of anilines is 1. The molecular weight excluding hydrogens is 293 g/mol. The quantitative estimate of drug-likeness (QED) is 0.869. The van der Waals surface area contributed by atoms with E-state index in [0.29, 0.717) is 17.5 Å². The second-order valence-corrected chi connectivity index (χ2v) is 4.63. The molecule has 2 rings (SSSR count). The van der Waals surface area contributed by atoms with Gasteiger partial charge in [0.15, 0.2) is 0 Å². The number of alkyl halides is 3. The van der Waals surface area contributed by atoms with E-state index in [2.05, 4.69) is 10.3 Å². The topological polar surface area (TPSA) is 42.0 Å². The molecule has 0 bridgehead atoms.